The number of carbonyl (C=O) groups excluding carboxylic acids is 1. The number of hydrogen-bond donors (Lipinski definition) is 1. The lowest BCUT2D eigenvalue weighted by atomic mass is 9.96. The van der Waals surface area contributed by atoms with Crippen molar-refractivity contribution in [3.05, 3.63) is 12.2 Å². The fourth-order valence-corrected chi connectivity index (χ4v) is 0.624. The summed E-state index contributed by atoms with van der Waals surface area (Å²) >= 11 is 0. The Morgan fingerprint density at radius 1 is 1.58 bits per heavy atom. The Balaban J connectivity index is 4.29. The Labute approximate surface area is 73.8 Å². The van der Waals surface area contributed by atoms with Gasteiger partial charge in [-0.25, -0.2) is 4.79 Å². The summed E-state index contributed by atoms with van der Waals surface area (Å²) in [6, 6.07) is 0. The van der Waals surface area contributed by atoms with Crippen LogP contribution in [0.25, 0.3) is 0 Å². The van der Waals surface area contributed by atoms with Crippen molar-refractivity contribution >= 4 is 5.97 Å². The van der Waals surface area contributed by atoms with Crippen molar-refractivity contribution in [3.63, 3.8) is 0 Å². The van der Waals surface area contributed by atoms with Crippen LogP contribution in [0.2, 0.25) is 0 Å². The lowest BCUT2D eigenvalue weighted by molar-refractivity contribution is -0.139. The summed E-state index contributed by atoms with van der Waals surface area (Å²) in [6.07, 6.45) is 0. The highest BCUT2D eigenvalue weighted by Gasteiger charge is 2.25. The SMILES string of the molecule is C=C(C(=O)OCC)C(C)(C)NC. The third-order valence-electron chi connectivity index (χ3n) is 1.90. The van der Waals surface area contributed by atoms with Crippen molar-refractivity contribution in [2.75, 3.05) is 13.7 Å². The van der Waals surface area contributed by atoms with Gasteiger partial charge in [0, 0.05) is 11.1 Å². The Hall–Kier alpha value is -0.830. The summed E-state index contributed by atoms with van der Waals surface area (Å²) in [5, 5.41) is 2.98. The number of hydrogen-bond acceptors (Lipinski definition) is 3. The largest absolute Gasteiger partial charge is 0.463 e. The molecular formula is C9H17NO2. The van der Waals surface area contributed by atoms with Crippen LogP contribution < -0.4 is 5.32 Å². The molecule has 0 spiro atoms. The molecule has 0 atom stereocenters. The van der Waals surface area contributed by atoms with Crippen LogP contribution in [0.4, 0.5) is 0 Å². The van der Waals surface area contributed by atoms with Crippen LogP contribution in [-0.2, 0) is 9.53 Å². The molecule has 12 heavy (non-hydrogen) atoms. The molecule has 0 aliphatic heterocycles. The number of ether oxygens (including phenoxy) is 1. The summed E-state index contributed by atoms with van der Waals surface area (Å²) in [4.78, 5) is 11.2. The van der Waals surface area contributed by atoms with E-state index in [1.165, 1.54) is 0 Å². The van der Waals surface area contributed by atoms with E-state index in [9.17, 15) is 4.79 Å². The minimum atomic E-state index is -0.397. The van der Waals surface area contributed by atoms with Gasteiger partial charge < -0.3 is 10.1 Å². The molecule has 0 aromatic heterocycles. The van der Waals surface area contributed by atoms with E-state index in [1.807, 2.05) is 13.8 Å². The number of likely N-dealkylation sites (N-methyl/N-ethyl adjacent to an activating group) is 1. The van der Waals surface area contributed by atoms with Gasteiger partial charge in [0.15, 0.2) is 0 Å². The molecule has 0 saturated carbocycles. The van der Waals surface area contributed by atoms with Crippen molar-refractivity contribution in [2.24, 2.45) is 0 Å². The second-order valence-electron chi connectivity index (χ2n) is 3.07. The fraction of sp³-hybridized carbons (Fsp3) is 0.667. The quantitative estimate of drug-likeness (QED) is 0.508. The number of rotatable bonds is 4. The molecule has 0 bridgehead atoms. The molecule has 0 rings (SSSR count). The van der Waals surface area contributed by atoms with Crippen LogP contribution in [0, 0.1) is 0 Å². The molecule has 0 fully saturated rings. The molecule has 3 heteroatoms. The highest BCUT2D eigenvalue weighted by Crippen LogP contribution is 2.14. The maximum atomic E-state index is 11.2. The molecule has 1 N–H and O–H groups in total. The number of carbonyl (C=O) groups is 1. The standard InChI is InChI=1S/C9H17NO2/c1-6-12-8(11)7(2)9(3,4)10-5/h10H,2,6H2,1,3-5H3. The van der Waals surface area contributed by atoms with Gasteiger partial charge in [0.05, 0.1) is 6.61 Å². The Kier molecular flexibility index (Phi) is 3.96. The van der Waals surface area contributed by atoms with E-state index in [-0.39, 0.29) is 5.97 Å². The Bertz CT molecular complexity index is 185. The molecule has 0 aliphatic rings. The predicted molar refractivity (Wildman–Crippen MR) is 48.9 cm³/mol. The minimum absolute atomic E-state index is 0.336. The van der Waals surface area contributed by atoms with Gasteiger partial charge in [0.1, 0.15) is 0 Å². The average Bonchev–Trinajstić information content (AvgIpc) is 2.03. The zero-order valence-corrected chi connectivity index (χ0v) is 8.23. The van der Waals surface area contributed by atoms with E-state index in [1.54, 1.807) is 14.0 Å². The van der Waals surface area contributed by atoms with Gasteiger partial charge in [-0.05, 0) is 27.8 Å². The van der Waals surface area contributed by atoms with Gasteiger partial charge in [-0.1, -0.05) is 6.58 Å². The second-order valence-corrected chi connectivity index (χ2v) is 3.07. The fourth-order valence-electron chi connectivity index (χ4n) is 0.624. The summed E-state index contributed by atoms with van der Waals surface area (Å²) in [7, 11) is 1.78. The first kappa shape index (κ1) is 11.2. The zero-order chi connectivity index (χ0) is 9.78. The molecule has 70 valence electrons. The first-order chi connectivity index (χ1) is 5.45. The molecule has 0 saturated heterocycles. The van der Waals surface area contributed by atoms with Crippen molar-refractivity contribution in [1.29, 1.82) is 0 Å². The molecule has 3 nitrogen and oxygen atoms in total. The van der Waals surface area contributed by atoms with Crippen LogP contribution in [0.3, 0.4) is 0 Å². The second kappa shape index (κ2) is 4.26. The van der Waals surface area contributed by atoms with E-state index < -0.39 is 5.54 Å². The van der Waals surface area contributed by atoms with Gasteiger partial charge in [0.2, 0.25) is 0 Å². The van der Waals surface area contributed by atoms with E-state index in [0.29, 0.717) is 12.2 Å². The van der Waals surface area contributed by atoms with Crippen LogP contribution in [-0.4, -0.2) is 25.2 Å². The van der Waals surface area contributed by atoms with Gasteiger partial charge >= 0.3 is 5.97 Å². The predicted octanol–water partition coefficient (Wildman–Crippen LogP) is 1.10. The van der Waals surface area contributed by atoms with Gasteiger partial charge in [0.25, 0.3) is 0 Å². The normalized spacial score (nSPS) is 11.0. The lowest BCUT2D eigenvalue weighted by Gasteiger charge is -2.24. The van der Waals surface area contributed by atoms with Gasteiger partial charge in [-0.2, -0.15) is 0 Å². The smallest absolute Gasteiger partial charge is 0.335 e. The van der Waals surface area contributed by atoms with E-state index in [2.05, 4.69) is 11.9 Å². The maximum absolute atomic E-state index is 11.2. The van der Waals surface area contributed by atoms with E-state index in [4.69, 9.17) is 4.74 Å². The molecule has 0 unspecified atom stereocenters. The van der Waals surface area contributed by atoms with Crippen LogP contribution >= 0.6 is 0 Å². The number of esters is 1. The summed E-state index contributed by atoms with van der Waals surface area (Å²) in [5.41, 5.74) is 0.0542. The monoisotopic (exact) mass is 171 g/mol. The number of nitrogens with one attached hydrogen (secondary N) is 1. The average molecular weight is 171 g/mol. The summed E-state index contributed by atoms with van der Waals surface area (Å²) in [6.45, 7) is 9.60. The molecule has 0 aromatic rings. The third kappa shape index (κ3) is 2.66. The Morgan fingerprint density at radius 3 is 2.42 bits per heavy atom. The third-order valence-corrected chi connectivity index (χ3v) is 1.90. The van der Waals surface area contributed by atoms with Gasteiger partial charge in [-0.3, -0.25) is 0 Å². The van der Waals surface area contributed by atoms with E-state index >= 15 is 0 Å². The minimum Gasteiger partial charge on any atom is -0.463 e. The van der Waals surface area contributed by atoms with Crippen LogP contribution in [0.1, 0.15) is 20.8 Å². The lowest BCUT2D eigenvalue weighted by Crippen LogP contribution is -2.41. The molecule has 0 aliphatic carbocycles. The molecule has 0 radical (unpaired) electrons. The van der Waals surface area contributed by atoms with Crippen molar-refractivity contribution in [2.45, 2.75) is 26.3 Å². The van der Waals surface area contributed by atoms with E-state index in [0.717, 1.165) is 0 Å². The van der Waals surface area contributed by atoms with Crippen molar-refractivity contribution in [3.8, 4) is 0 Å². The van der Waals surface area contributed by atoms with Crippen LogP contribution in [0.5, 0.6) is 0 Å². The maximum Gasteiger partial charge on any atom is 0.335 e. The summed E-state index contributed by atoms with van der Waals surface area (Å²) < 4.78 is 4.81. The molecule has 0 amide bonds. The summed E-state index contributed by atoms with van der Waals surface area (Å²) in [5.74, 6) is -0.336. The molecule has 0 heterocycles. The highest BCUT2D eigenvalue weighted by molar-refractivity contribution is 5.90. The van der Waals surface area contributed by atoms with Crippen molar-refractivity contribution in [1.82, 2.24) is 5.32 Å². The Morgan fingerprint density at radius 2 is 2.08 bits per heavy atom. The first-order valence-electron chi connectivity index (χ1n) is 4.01. The molecular weight excluding hydrogens is 154 g/mol. The molecule has 0 aromatic carbocycles. The topological polar surface area (TPSA) is 38.3 Å². The highest BCUT2D eigenvalue weighted by atomic mass is 16.5. The zero-order valence-electron chi connectivity index (χ0n) is 8.23. The first-order valence-corrected chi connectivity index (χ1v) is 4.01. The van der Waals surface area contributed by atoms with Gasteiger partial charge in [-0.15, -0.1) is 0 Å². The van der Waals surface area contributed by atoms with Crippen molar-refractivity contribution < 1.29 is 9.53 Å². The van der Waals surface area contributed by atoms with Crippen LogP contribution in [0.15, 0.2) is 12.2 Å².